The van der Waals surface area contributed by atoms with E-state index in [-0.39, 0.29) is 5.54 Å². The first kappa shape index (κ1) is 14.9. The van der Waals surface area contributed by atoms with E-state index < -0.39 is 0 Å². The largest absolute Gasteiger partial charge is 0.372 e. The van der Waals surface area contributed by atoms with E-state index in [2.05, 4.69) is 36.1 Å². The first-order valence-electron chi connectivity index (χ1n) is 8.47. The number of hydrogen-bond donors (Lipinski definition) is 2. The summed E-state index contributed by atoms with van der Waals surface area (Å²) >= 11 is 0. The second-order valence-corrected chi connectivity index (χ2v) is 7.21. The van der Waals surface area contributed by atoms with Gasteiger partial charge in [-0.1, -0.05) is 19.1 Å². The molecule has 0 spiro atoms. The van der Waals surface area contributed by atoms with E-state index in [1.807, 2.05) is 0 Å². The van der Waals surface area contributed by atoms with Crippen molar-refractivity contribution in [2.24, 2.45) is 17.4 Å². The average Bonchev–Trinajstić information content (AvgIpc) is 2.51. The summed E-state index contributed by atoms with van der Waals surface area (Å²) < 4.78 is 0. The zero-order chi connectivity index (χ0) is 14.9. The highest BCUT2D eigenvalue weighted by atomic mass is 15.1. The van der Waals surface area contributed by atoms with Crippen LogP contribution in [0, 0.1) is 5.92 Å². The number of anilines is 1. The molecule has 0 bridgehead atoms. The molecule has 0 atom stereocenters. The van der Waals surface area contributed by atoms with Crippen molar-refractivity contribution in [3.8, 4) is 0 Å². The Morgan fingerprint density at radius 3 is 2.14 bits per heavy atom. The van der Waals surface area contributed by atoms with Crippen LogP contribution in [0.4, 0.5) is 5.69 Å². The molecule has 4 N–H and O–H groups in total. The van der Waals surface area contributed by atoms with Crippen molar-refractivity contribution in [2.75, 3.05) is 18.0 Å². The van der Waals surface area contributed by atoms with Gasteiger partial charge in [-0.2, -0.15) is 0 Å². The Morgan fingerprint density at radius 1 is 1.00 bits per heavy atom. The van der Waals surface area contributed by atoms with Crippen molar-refractivity contribution >= 4 is 5.69 Å². The molecule has 1 aliphatic heterocycles. The van der Waals surface area contributed by atoms with Gasteiger partial charge >= 0.3 is 0 Å². The number of piperidine rings is 1. The summed E-state index contributed by atoms with van der Waals surface area (Å²) in [6, 6.07) is 9.34. The molecule has 1 saturated carbocycles. The minimum absolute atomic E-state index is 0.162. The highest BCUT2D eigenvalue weighted by Gasteiger charge is 2.32. The maximum atomic E-state index is 6.62. The molecule has 0 amide bonds. The monoisotopic (exact) mass is 287 g/mol. The number of benzene rings is 1. The molecule has 0 unspecified atom stereocenters. The zero-order valence-electron chi connectivity index (χ0n) is 13.2. The van der Waals surface area contributed by atoms with Crippen LogP contribution < -0.4 is 16.4 Å². The Hall–Kier alpha value is -1.06. The fourth-order valence-corrected chi connectivity index (χ4v) is 3.71. The molecule has 0 aromatic heterocycles. The molecule has 116 valence electrons. The van der Waals surface area contributed by atoms with E-state index in [0.29, 0.717) is 6.04 Å². The topological polar surface area (TPSA) is 55.3 Å². The number of nitrogens with two attached hydrogens (primary N) is 2. The minimum atomic E-state index is -0.162. The van der Waals surface area contributed by atoms with Gasteiger partial charge in [-0.3, -0.25) is 0 Å². The van der Waals surface area contributed by atoms with Crippen LogP contribution in [-0.4, -0.2) is 19.1 Å². The van der Waals surface area contributed by atoms with Crippen molar-refractivity contribution in [2.45, 2.75) is 57.0 Å². The maximum absolute atomic E-state index is 6.62. The second kappa shape index (κ2) is 5.98. The third-order valence-electron chi connectivity index (χ3n) is 5.51. The molecule has 2 fully saturated rings. The normalized spacial score (nSPS) is 31.4. The molecule has 0 radical (unpaired) electrons. The van der Waals surface area contributed by atoms with Crippen LogP contribution in [0.15, 0.2) is 24.3 Å². The lowest BCUT2D eigenvalue weighted by Gasteiger charge is -2.37. The molecule has 1 aromatic carbocycles. The molecule has 3 rings (SSSR count). The van der Waals surface area contributed by atoms with Crippen molar-refractivity contribution in [3.63, 3.8) is 0 Å². The van der Waals surface area contributed by atoms with Gasteiger partial charge in [0.25, 0.3) is 0 Å². The van der Waals surface area contributed by atoms with Crippen LogP contribution >= 0.6 is 0 Å². The third-order valence-corrected chi connectivity index (χ3v) is 5.51. The molecular formula is C18H29N3. The highest BCUT2D eigenvalue weighted by molar-refractivity contribution is 5.49. The Kier molecular flexibility index (Phi) is 4.23. The van der Waals surface area contributed by atoms with Crippen LogP contribution in [0.25, 0.3) is 0 Å². The average molecular weight is 287 g/mol. The first-order chi connectivity index (χ1) is 10.1. The summed E-state index contributed by atoms with van der Waals surface area (Å²) in [6.45, 7) is 4.72. The van der Waals surface area contributed by atoms with Gasteiger partial charge in [0, 0.05) is 30.4 Å². The van der Waals surface area contributed by atoms with Crippen LogP contribution in [0.2, 0.25) is 0 Å². The van der Waals surface area contributed by atoms with Crippen molar-refractivity contribution in [1.82, 2.24) is 0 Å². The van der Waals surface area contributed by atoms with Crippen LogP contribution in [0.3, 0.4) is 0 Å². The molecule has 3 heteroatoms. The Bertz CT molecular complexity index is 452. The van der Waals surface area contributed by atoms with E-state index >= 15 is 0 Å². The van der Waals surface area contributed by atoms with E-state index in [1.54, 1.807) is 0 Å². The Morgan fingerprint density at radius 2 is 1.57 bits per heavy atom. The first-order valence-corrected chi connectivity index (χ1v) is 8.47. The van der Waals surface area contributed by atoms with Gasteiger partial charge in [-0.15, -0.1) is 0 Å². The molecule has 1 aliphatic carbocycles. The van der Waals surface area contributed by atoms with Crippen LogP contribution in [0.5, 0.6) is 0 Å². The second-order valence-electron chi connectivity index (χ2n) is 7.21. The fraction of sp³-hybridized carbons (Fsp3) is 0.667. The van der Waals surface area contributed by atoms with Crippen LogP contribution in [0.1, 0.15) is 51.0 Å². The molecule has 21 heavy (non-hydrogen) atoms. The molecule has 1 saturated heterocycles. The lowest BCUT2D eigenvalue weighted by atomic mass is 9.76. The van der Waals surface area contributed by atoms with Crippen molar-refractivity contribution in [3.05, 3.63) is 29.8 Å². The van der Waals surface area contributed by atoms with Crippen LogP contribution in [-0.2, 0) is 5.54 Å². The molecule has 1 aromatic rings. The lowest BCUT2D eigenvalue weighted by Crippen LogP contribution is -2.43. The standard InChI is InChI=1S/C18H29N3/c1-14-8-12-21(13-9-14)17-4-2-15(3-5-17)18(20)10-6-16(19)7-11-18/h2-5,14,16H,6-13,19-20H2,1H3. The van der Waals surface area contributed by atoms with Gasteiger partial charge in [0.1, 0.15) is 0 Å². The fourth-order valence-electron chi connectivity index (χ4n) is 3.71. The van der Waals surface area contributed by atoms with Gasteiger partial charge in [0.15, 0.2) is 0 Å². The van der Waals surface area contributed by atoms with Gasteiger partial charge < -0.3 is 16.4 Å². The lowest BCUT2D eigenvalue weighted by molar-refractivity contribution is 0.277. The van der Waals surface area contributed by atoms with Crippen molar-refractivity contribution < 1.29 is 0 Å². The van der Waals surface area contributed by atoms with E-state index in [4.69, 9.17) is 11.5 Å². The summed E-state index contributed by atoms with van der Waals surface area (Å²) in [4.78, 5) is 2.50. The SMILES string of the molecule is CC1CCN(c2ccc(C3(N)CCC(N)CC3)cc2)CC1. The molecule has 2 aliphatic rings. The highest BCUT2D eigenvalue weighted by Crippen LogP contribution is 2.35. The quantitative estimate of drug-likeness (QED) is 0.879. The minimum Gasteiger partial charge on any atom is -0.372 e. The summed E-state index contributed by atoms with van der Waals surface area (Å²) in [7, 11) is 0. The summed E-state index contributed by atoms with van der Waals surface area (Å²) in [6.07, 6.45) is 6.72. The number of rotatable bonds is 2. The predicted octanol–water partition coefficient (Wildman–Crippen LogP) is 2.98. The third kappa shape index (κ3) is 3.24. The summed E-state index contributed by atoms with van der Waals surface area (Å²) in [5.74, 6) is 0.874. The summed E-state index contributed by atoms with van der Waals surface area (Å²) in [5.41, 5.74) is 15.1. The van der Waals surface area contributed by atoms with Gasteiger partial charge in [0.2, 0.25) is 0 Å². The van der Waals surface area contributed by atoms with E-state index in [0.717, 1.165) is 31.6 Å². The number of nitrogens with zero attached hydrogens (tertiary/aromatic N) is 1. The van der Waals surface area contributed by atoms with Gasteiger partial charge in [0.05, 0.1) is 0 Å². The summed E-state index contributed by atoms with van der Waals surface area (Å²) in [5, 5.41) is 0. The zero-order valence-corrected chi connectivity index (χ0v) is 13.2. The molecular weight excluding hydrogens is 258 g/mol. The predicted molar refractivity (Wildman–Crippen MR) is 89.4 cm³/mol. The molecule has 1 heterocycles. The maximum Gasteiger partial charge on any atom is 0.0410 e. The van der Waals surface area contributed by atoms with E-state index in [9.17, 15) is 0 Å². The van der Waals surface area contributed by atoms with Crippen molar-refractivity contribution in [1.29, 1.82) is 0 Å². The molecule has 3 nitrogen and oxygen atoms in total. The number of hydrogen-bond acceptors (Lipinski definition) is 3. The Balaban J connectivity index is 1.69. The Labute approximate surface area is 128 Å². The smallest absolute Gasteiger partial charge is 0.0410 e. The van der Waals surface area contributed by atoms with Gasteiger partial charge in [-0.05, 0) is 62.1 Å². The van der Waals surface area contributed by atoms with E-state index in [1.165, 1.54) is 37.2 Å². The van der Waals surface area contributed by atoms with Gasteiger partial charge in [-0.25, -0.2) is 0 Å².